The summed E-state index contributed by atoms with van der Waals surface area (Å²) < 4.78 is 17.8. The fraction of sp³-hybridized carbons (Fsp3) is 0.500. The molecule has 3 heteroatoms. The van der Waals surface area contributed by atoms with E-state index in [1.54, 1.807) is 0 Å². The van der Waals surface area contributed by atoms with Gasteiger partial charge in [-0.15, -0.1) is 0 Å². The van der Waals surface area contributed by atoms with Gasteiger partial charge in [-0.05, 0) is 37.7 Å². The molecule has 0 aromatic rings. The van der Waals surface area contributed by atoms with Crippen molar-refractivity contribution in [2.45, 2.75) is 32.6 Å². The highest BCUT2D eigenvalue weighted by Crippen LogP contribution is 2.29. The van der Waals surface area contributed by atoms with Gasteiger partial charge in [0.15, 0.2) is 0 Å². The number of rotatable bonds is 4. The lowest BCUT2D eigenvalue weighted by molar-refractivity contribution is -0.145. The molecule has 0 atom stereocenters. The molecule has 0 aliphatic heterocycles. The molecule has 1 fully saturated rings. The number of carbonyl (C=O) groups is 1. The van der Waals surface area contributed by atoms with Gasteiger partial charge in [0.1, 0.15) is 11.6 Å². The second-order valence-corrected chi connectivity index (χ2v) is 4.58. The number of ether oxygens (including phenoxy) is 1. The first-order valence-corrected chi connectivity index (χ1v) is 5.93. The highest BCUT2D eigenvalue weighted by molar-refractivity contribution is 5.73. The molecule has 0 amide bonds. The maximum Gasteiger partial charge on any atom is 0.314 e. The topological polar surface area (TPSA) is 26.3 Å². The molecule has 17 heavy (non-hydrogen) atoms. The van der Waals surface area contributed by atoms with E-state index < -0.39 is 5.83 Å². The van der Waals surface area contributed by atoms with Crippen LogP contribution in [0.2, 0.25) is 0 Å². The van der Waals surface area contributed by atoms with Crippen LogP contribution >= 0.6 is 0 Å². The number of carbonyl (C=O) groups excluding carboxylic acids is 1. The SMILES string of the molecule is C=C/C(F)=C\C(=C)OC(=O)C1CCC(C)CC1. The Kier molecular flexibility index (Phi) is 5.13. The van der Waals surface area contributed by atoms with Gasteiger partial charge in [0.25, 0.3) is 0 Å². The van der Waals surface area contributed by atoms with Gasteiger partial charge in [-0.1, -0.05) is 20.1 Å². The average molecular weight is 238 g/mol. The summed E-state index contributed by atoms with van der Waals surface area (Å²) in [4.78, 5) is 11.7. The van der Waals surface area contributed by atoms with E-state index in [1.807, 2.05) is 0 Å². The second kappa shape index (κ2) is 6.38. The summed E-state index contributed by atoms with van der Waals surface area (Å²) in [5.74, 6) is -0.204. The zero-order valence-electron chi connectivity index (χ0n) is 10.2. The van der Waals surface area contributed by atoms with Crippen molar-refractivity contribution in [1.29, 1.82) is 0 Å². The van der Waals surface area contributed by atoms with Gasteiger partial charge in [0.2, 0.25) is 0 Å². The molecule has 1 saturated carbocycles. The maximum absolute atomic E-state index is 12.8. The fourth-order valence-corrected chi connectivity index (χ4v) is 1.95. The fourth-order valence-electron chi connectivity index (χ4n) is 1.95. The van der Waals surface area contributed by atoms with E-state index in [0.29, 0.717) is 5.92 Å². The Bertz CT molecular complexity index is 336. The largest absolute Gasteiger partial charge is 0.427 e. The predicted octanol–water partition coefficient (Wildman–Crippen LogP) is 3.91. The maximum atomic E-state index is 12.8. The summed E-state index contributed by atoms with van der Waals surface area (Å²) in [5, 5.41) is 0. The van der Waals surface area contributed by atoms with E-state index >= 15 is 0 Å². The Morgan fingerprint density at radius 2 is 1.94 bits per heavy atom. The summed E-state index contributed by atoms with van der Waals surface area (Å²) >= 11 is 0. The molecule has 1 aliphatic rings. The third-order valence-corrected chi connectivity index (χ3v) is 3.07. The molecule has 0 saturated heterocycles. The van der Waals surface area contributed by atoms with Crippen LogP contribution in [0, 0.1) is 11.8 Å². The van der Waals surface area contributed by atoms with Crippen LogP contribution in [0.4, 0.5) is 4.39 Å². The van der Waals surface area contributed by atoms with Crippen LogP contribution in [-0.2, 0) is 9.53 Å². The van der Waals surface area contributed by atoms with Gasteiger partial charge in [-0.3, -0.25) is 4.79 Å². The van der Waals surface area contributed by atoms with Gasteiger partial charge < -0.3 is 4.74 Å². The molecule has 0 aromatic heterocycles. The zero-order chi connectivity index (χ0) is 12.8. The van der Waals surface area contributed by atoms with Crippen molar-refractivity contribution in [2.24, 2.45) is 11.8 Å². The Morgan fingerprint density at radius 3 is 2.47 bits per heavy atom. The average Bonchev–Trinajstić information content (AvgIpc) is 2.29. The molecular weight excluding hydrogens is 219 g/mol. The van der Waals surface area contributed by atoms with Crippen molar-refractivity contribution in [3.8, 4) is 0 Å². The standard InChI is InChI=1S/C14H19FO2/c1-4-13(15)9-11(3)17-14(16)12-7-5-10(2)6-8-12/h4,9-10,12H,1,3,5-8H2,2H3/b13-9+. The lowest BCUT2D eigenvalue weighted by Crippen LogP contribution is -2.22. The molecule has 0 bridgehead atoms. The van der Waals surface area contributed by atoms with E-state index in [0.717, 1.165) is 37.8 Å². The minimum atomic E-state index is -0.555. The van der Waals surface area contributed by atoms with Crippen LogP contribution in [0.5, 0.6) is 0 Å². The van der Waals surface area contributed by atoms with Crippen molar-refractivity contribution in [3.63, 3.8) is 0 Å². The molecule has 94 valence electrons. The molecule has 0 radical (unpaired) electrons. The van der Waals surface area contributed by atoms with Crippen molar-refractivity contribution in [3.05, 3.63) is 36.9 Å². The van der Waals surface area contributed by atoms with Gasteiger partial charge in [-0.25, -0.2) is 4.39 Å². The van der Waals surface area contributed by atoms with E-state index in [2.05, 4.69) is 20.1 Å². The lowest BCUT2D eigenvalue weighted by atomic mass is 9.83. The Balaban J connectivity index is 2.44. The van der Waals surface area contributed by atoms with Crippen LogP contribution in [0.15, 0.2) is 36.9 Å². The minimum absolute atomic E-state index is 0.0334. The molecular formula is C14H19FO2. The first-order chi connectivity index (χ1) is 8.02. The summed E-state index contributed by atoms with van der Waals surface area (Å²) in [7, 11) is 0. The van der Waals surface area contributed by atoms with E-state index in [-0.39, 0.29) is 17.6 Å². The molecule has 0 unspecified atom stereocenters. The van der Waals surface area contributed by atoms with Crippen LogP contribution in [0.3, 0.4) is 0 Å². The monoisotopic (exact) mass is 238 g/mol. The second-order valence-electron chi connectivity index (χ2n) is 4.58. The molecule has 0 N–H and O–H groups in total. The van der Waals surface area contributed by atoms with E-state index in [9.17, 15) is 9.18 Å². The van der Waals surface area contributed by atoms with Crippen molar-refractivity contribution in [1.82, 2.24) is 0 Å². The summed E-state index contributed by atoms with van der Waals surface area (Å²) in [6, 6.07) is 0. The third kappa shape index (κ3) is 4.55. The highest BCUT2D eigenvalue weighted by Gasteiger charge is 2.25. The molecule has 1 rings (SSSR count). The van der Waals surface area contributed by atoms with Crippen LogP contribution in [-0.4, -0.2) is 5.97 Å². The number of allylic oxidation sites excluding steroid dienone is 3. The molecule has 0 heterocycles. The van der Waals surface area contributed by atoms with Gasteiger partial charge >= 0.3 is 5.97 Å². The molecule has 1 aliphatic carbocycles. The van der Waals surface area contributed by atoms with Crippen molar-refractivity contribution < 1.29 is 13.9 Å². The van der Waals surface area contributed by atoms with Crippen molar-refractivity contribution >= 4 is 5.97 Å². The molecule has 0 spiro atoms. The smallest absolute Gasteiger partial charge is 0.314 e. The third-order valence-electron chi connectivity index (χ3n) is 3.07. The first kappa shape index (κ1) is 13.7. The number of hydrogen-bond acceptors (Lipinski definition) is 2. The summed E-state index contributed by atoms with van der Waals surface area (Å²) in [6.07, 6.45) is 5.89. The quantitative estimate of drug-likeness (QED) is 0.421. The van der Waals surface area contributed by atoms with Crippen LogP contribution in [0.1, 0.15) is 32.6 Å². The molecule has 0 aromatic carbocycles. The molecule has 2 nitrogen and oxygen atoms in total. The van der Waals surface area contributed by atoms with Gasteiger partial charge in [-0.2, -0.15) is 0 Å². The Hall–Kier alpha value is -1.38. The lowest BCUT2D eigenvalue weighted by Gasteiger charge is -2.24. The van der Waals surface area contributed by atoms with Crippen molar-refractivity contribution in [2.75, 3.05) is 0 Å². The normalized spacial score (nSPS) is 25.2. The summed E-state index contributed by atoms with van der Waals surface area (Å²) in [5.41, 5.74) is 0. The van der Waals surface area contributed by atoms with Gasteiger partial charge in [0, 0.05) is 6.08 Å². The predicted molar refractivity (Wildman–Crippen MR) is 65.7 cm³/mol. The van der Waals surface area contributed by atoms with E-state index in [1.165, 1.54) is 0 Å². The number of halogens is 1. The number of esters is 1. The minimum Gasteiger partial charge on any atom is -0.427 e. The Morgan fingerprint density at radius 1 is 1.35 bits per heavy atom. The highest BCUT2D eigenvalue weighted by atomic mass is 19.1. The zero-order valence-corrected chi connectivity index (χ0v) is 10.2. The summed E-state index contributed by atoms with van der Waals surface area (Å²) in [6.45, 7) is 8.93. The van der Waals surface area contributed by atoms with Crippen LogP contribution in [0.25, 0.3) is 0 Å². The number of hydrogen-bond donors (Lipinski definition) is 0. The first-order valence-electron chi connectivity index (χ1n) is 5.93. The van der Waals surface area contributed by atoms with Crippen LogP contribution < -0.4 is 0 Å². The van der Waals surface area contributed by atoms with E-state index in [4.69, 9.17) is 4.74 Å². The Labute approximate surface area is 102 Å². The van der Waals surface area contributed by atoms with Gasteiger partial charge in [0.05, 0.1) is 5.92 Å².